The molecule has 1 rings (SSSR count). The SMILES string of the molecule is CC(=O)OC[C@H](OC(C)=O)[C@@H](OC(C)=O)[C@H](OC(C)=O)C(=O)Nc1ccc(Cl)cc1. The van der Waals surface area contributed by atoms with E-state index in [4.69, 9.17) is 30.5 Å². The molecule has 30 heavy (non-hydrogen) atoms. The second-order valence-corrected chi connectivity index (χ2v) is 6.49. The lowest BCUT2D eigenvalue weighted by Crippen LogP contribution is -2.52. The van der Waals surface area contributed by atoms with Gasteiger partial charge in [-0.1, -0.05) is 11.6 Å². The van der Waals surface area contributed by atoms with Crippen LogP contribution in [0.3, 0.4) is 0 Å². The zero-order valence-corrected chi connectivity index (χ0v) is 17.6. The summed E-state index contributed by atoms with van der Waals surface area (Å²) in [6.45, 7) is 3.73. The van der Waals surface area contributed by atoms with Crippen LogP contribution < -0.4 is 5.32 Å². The zero-order valence-electron chi connectivity index (χ0n) is 16.8. The number of carbonyl (C=O) groups is 5. The molecule has 3 atom stereocenters. The van der Waals surface area contributed by atoms with Crippen LogP contribution in [0.5, 0.6) is 0 Å². The van der Waals surface area contributed by atoms with Crippen LogP contribution in [0.25, 0.3) is 0 Å². The van der Waals surface area contributed by atoms with Gasteiger partial charge in [0.2, 0.25) is 6.10 Å². The van der Waals surface area contributed by atoms with Gasteiger partial charge >= 0.3 is 23.9 Å². The van der Waals surface area contributed by atoms with Crippen molar-refractivity contribution >= 4 is 47.1 Å². The van der Waals surface area contributed by atoms with Gasteiger partial charge in [-0.3, -0.25) is 24.0 Å². The molecule has 1 N–H and O–H groups in total. The summed E-state index contributed by atoms with van der Waals surface area (Å²) in [5.41, 5.74) is 0.312. The summed E-state index contributed by atoms with van der Waals surface area (Å²) in [4.78, 5) is 58.7. The molecule has 0 bridgehead atoms. The molecule has 0 saturated carbocycles. The normalized spacial score (nSPS) is 13.2. The van der Waals surface area contributed by atoms with E-state index in [1.807, 2.05) is 0 Å². The van der Waals surface area contributed by atoms with Gasteiger partial charge in [0.05, 0.1) is 0 Å². The summed E-state index contributed by atoms with van der Waals surface area (Å²) >= 11 is 5.81. The highest BCUT2D eigenvalue weighted by molar-refractivity contribution is 6.30. The molecular weight excluding hydrogens is 422 g/mol. The number of ether oxygens (including phenoxy) is 4. The number of halogens is 1. The lowest BCUT2D eigenvalue weighted by Gasteiger charge is -2.30. The Bertz CT molecular complexity index is 794. The Hall–Kier alpha value is -3.14. The van der Waals surface area contributed by atoms with Crippen molar-refractivity contribution in [2.75, 3.05) is 11.9 Å². The average molecular weight is 444 g/mol. The highest BCUT2D eigenvalue weighted by Gasteiger charge is 2.42. The van der Waals surface area contributed by atoms with Crippen molar-refractivity contribution < 1.29 is 42.9 Å². The molecule has 0 heterocycles. The van der Waals surface area contributed by atoms with Crippen molar-refractivity contribution in [3.05, 3.63) is 29.3 Å². The van der Waals surface area contributed by atoms with Crippen molar-refractivity contribution in [1.82, 2.24) is 0 Å². The topological polar surface area (TPSA) is 134 Å². The van der Waals surface area contributed by atoms with Gasteiger partial charge in [0.1, 0.15) is 6.61 Å². The third kappa shape index (κ3) is 8.91. The highest BCUT2D eigenvalue weighted by atomic mass is 35.5. The summed E-state index contributed by atoms with van der Waals surface area (Å²) in [5, 5.41) is 2.92. The third-order valence-electron chi connectivity index (χ3n) is 3.40. The van der Waals surface area contributed by atoms with Crippen molar-refractivity contribution in [3.8, 4) is 0 Å². The fraction of sp³-hybridized carbons (Fsp3) is 0.421. The number of rotatable bonds is 9. The molecule has 0 fully saturated rings. The van der Waals surface area contributed by atoms with E-state index in [9.17, 15) is 24.0 Å². The van der Waals surface area contributed by atoms with Crippen LogP contribution in [-0.2, 0) is 42.9 Å². The molecule has 164 valence electrons. The molecule has 0 radical (unpaired) electrons. The fourth-order valence-corrected chi connectivity index (χ4v) is 2.45. The number of carbonyl (C=O) groups excluding carboxylic acids is 5. The average Bonchev–Trinajstić information content (AvgIpc) is 2.62. The van der Waals surface area contributed by atoms with Crippen LogP contribution in [0.2, 0.25) is 5.02 Å². The molecule has 0 aliphatic heterocycles. The smallest absolute Gasteiger partial charge is 0.303 e. The van der Waals surface area contributed by atoms with E-state index < -0.39 is 54.7 Å². The van der Waals surface area contributed by atoms with Gasteiger partial charge in [-0.05, 0) is 24.3 Å². The molecule has 1 aromatic rings. The largest absolute Gasteiger partial charge is 0.462 e. The number of hydrogen-bond donors (Lipinski definition) is 1. The maximum atomic E-state index is 12.8. The first-order chi connectivity index (χ1) is 14.0. The van der Waals surface area contributed by atoms with E-state index in [0.29, 0.717) is 10.7 Å². The van der Waals surface area contributed by atoms with Gasteiger partial charge in [-0.2, -0.15) is 0 Å². The lowest BCUT2D eigenvalue weighted by molar-refractivity contribution is -0.190. The number of nitrogens with one attached hydrogen (secondary N) is 1. The first kappa shape index (κ1) is 24.9. The number of amides is 1. The summed E-state index contributed by atoms with van der Waals surface area (Å²) in [7, 11) is 0. The van der Waals surface area contributed by atoms with Crippen molar-refractivity contribution in [3.63, 3.8) is 0 Å². The van der Waals surface area contributed by atoms with E-state index in [1.54, 1.807) is 0 Å². The Morgan fingerprint density at radius 3 is 1.83 bits per heavy atom. The predicted octanol–water partition coefficient (Wildman–Crippen LogP) is 1.64. The molecule has 0 aliphatic carbocycles. The van der Waals surface area contributed by atoms with E-state index in [0.717, 1.165) is 27.7 Å². The van der Waals surface area contributed by atoms with Crippen LogP contribution in [0.4, 0.5) is 5.69 Å². The van der Waals surface area contributed by atoms with Crippen molar-refractivity contribution in [1.29, 1.82) is 0 Å². The van der Waals surface area contributed by atoms with Crippen molar-refractivity contribution in [2.45, 2.75) is 46.0 Å². The van der Waals surface area contributed by atoms with Gasteiger partial charge in [-0.15, -0.1) is 0 Å². The highest BCUT2D eigenvalue weighted by Crippen LogP contribution is 2.19. The Labute approximate surface area is 177 Å². The summed E-state index contributed by atoms with van der Waals surface area (Å²) < 4.78 is 20.1. The molecule has 11 heteroatoms. The Morgan fingerprint density at radius 2 is 1.37 bits per heavy atom. The van der Waals surface area contributed by atoms with Crippen LogP contribution >= 0.6 is 11.6 Å². The molecule has 10 nitrogen and oxygen atoms in total. The quantitative estimate of drug-likeness (QED) is 0.446. The first-order valence-corrected chi connectivity index (χ1v) is 9.08. The lowest BCUT2D eigenvalue weighted by atomic mass is 10.1. The number of hydrogen-bond acceptors (Lipinski definition) is 9. The van der Waals surface area contributed by atoms with E-state index in [1.165, 1.54) is 24.3 Å². The molecule has 0 aromatic heterocycles. The molecule has 0 unspecified atom stereocenters. The van der Waals surface area contributed by atoms with Gasteiger partial charge in [-0.25, -0.2) is 0 Å². The standard InChI is InChI=1S/C19H22ClNO9/c1-10(22)27-9-16(28-11(2)23)17(29-12(3)24)18(30-13(4)25)19(26)21-15-7-5-14(20)6-8-15/h5-8,16-18H,9H2,1-4H3,(H,21,26)/t16-,17+,18-/m0/s1. The number of benzene rings is 1. The monoisotopic (exact) mass is 443 g/mol. The maximum absolute atomic E-state index is 12.8. The minimum absolute atomic E-state index is 0.312. The minimum Gasteiger partial charge on any atom is -0.462 e. The molecule has 1 amide bonds. The van der Waals surface area contributed by atoms with Gasteiger partial charge in [0.25, 0.3) is 5.91 Å². The van der Waals surface area contributed by atoms with Gasteiger partial charge < -0.3 is 24.3 Å². The fourth-order valence-electron chi connectivity index (χ4n) is 2.33. The molecule has 1 aromatic carbocycles. The van der Waals surface area contributed by atoms with Crippen LogP contribution in [0, 0.1) is 0 Å². The van der Waals surface area contributed by atoms with Gasteiger partial charge in [0.15, 0.2) is 12.2 Å². The van der Waals surface area contributed by atoms with E-state index in [-0.39, 0.29) is 0 Å². The van der Waals surface area contributed by atoms with Crippen molar-refractivity contribution in [2.24, 2.45) is 0 Å². The Morgan fingerprint density at radius 1 is 0.833 bits per heavy atom. The van der Waals surface area contributed by atoms with E-state index in [2.05, 4.69) is 5.32 Å². The molecule has 0 saturated heterocycles. The summed E-state index contributed by atoms with van der Waals surface area (Å²) in [5.74, 6) is -4.10. The zero-order chi connectivity index (χ0) is 22.8. The third-order valence-corrected chi connectivity index (χ3v) is 3.65. The van der Waals surface area contributed by atoms with Gasteiger partial charge in [0, 0.05) is 38.4 Å². The maximum Gasteiger partial charge on any atom is 0.303 e. The second kappa shape index (κ2) is 11.8. The number of anilines is 1. The number of esters is 4. The van der Waals surface area contributed by atoms with E-state index >= 15 is 0 Å². The minimum atomic E-state index is -1.72. The molecule has 0 spiro atoms. The Balaban J connectivity index is 3.25. The molecule has 0 aliphatic rings. The molecular formula is C19H22ClNO9. The Kier molecular flexibility index (Phi) is 9.76. The summed E-state index contributed by atoms with van der Waals surface area (Å²) in [6.07, 6.45) is -4.74. The predicted molar refractivity (Wildman–Crippen MR) is 103 cm³/mol. The first-order valence-electron chi connectivity index (χ1n) is 8.71. The van der Waals surface area contributed by atoms with Crippen LogP contribution in [0.1, 0.15) is 27.7 Å². The van der Waals surface area contributed by atoms with Crippen LogP contribution in [-0.4, -0.2) is 54.7 Å². The van der Waals surface area contributed by atoms with Crippen LogP contribution in [0.15, 0.2) is 24.3 Å². The second-order valence-electron chi connectivity index (χ2n) is 6.05. The summed E-state index contributed by atoms with van der Waals surface area (Å²) in [6, 6.07) is 6.02.